The number of aromatic nitrogens is 1. The molecule has 0 saturated carbocycles. The third-order valence-corrected chi connectivity index (χ3v) is 4.16. The number of rotatable bonds is 2. The minimum atomic E-state index is 0.838. The molecule has 2 aromatic heterocycles. The maximum Gasteiger partial charge on any atom is 0.162 e. The van der Waals surface area contributed by atoms with Gasteiger partial charge >= 0.3 is 0 Å². The van der Waals surface area contributed by atoms with Gasteiger partial charge in [-0.25, -0.2) is 4.98 Å². The molecule has 0 N–H and O–H groups in total. The van der Waals surface area contributed by atoms with Crippen molar-refractivity contribution in [2.45, 2.75) is 20.8 Å². The van der Waals surface area contributed by atoms with Gasteiger partial charge in [0.05, 0.1) is 12.0 Å². The fraction of sp³-hybridized carbons (Fsp3) is 0.188. The highest BCUT2D eigenvalue weighted by molar-refractivity contribution is 7.15. The second-order valence-electron chi connectivity index (χ2n) is 4.72. The lowest BCUT2D eigenvalue weighted by molar-refractivity contribution is 0.582. The van der Waals surface area contributed by atoms with Crippen molar-refractivity contribution >= 4 is 11.3 Å². The molecule has 0 aliphatic rings. The van der Waals surface area contributed by atoms with Crippen molar-refractivity contribution in [1.82, 2.24) is 4.98 Å². The standard InChI is InChI=1S/C16H15NOS/c1-10-6-7-11(2)13(9-10)15-12(3)19-16(17-15)14-5-4-8-18-14/h4-9H,1-3H3. The van der Waals surface area contributed by atoms with E-state index in [2.05, 4.69) is 39.0 Å². The summed E-state index contributed by atoms with van der Waals surface area (Å²) in [5.41, 5.74) is 4.79. The van der Waals surface area contributed by atoms with Crippen molar-refractivity contribution < 1.29 is 4.42 Å². The van der Waals surface area contributed by atoms with E-state index in [-0.39, 0.29) is 0 Å². The quantitative estimate of drug-likeness (QED) is 0.654. The smallest absolute Gasteiger partial charge is 0.162 e. The van der Waals surface area contributed by atoms with E-state index in [0.29, 0.717) is 0 Å². The van der Waals surface area contributed by atoms with E-state index in [9.17, 15) is 0 Å². The minimum absolute atomic E-state index is 0.838. The van der Waals surface area contributed by atoms with Crippen LogP contribution in [-0.4, -0.2) is 4.98 Å². The van der Waals surface area contributed by atoms with Crippen LogP contribution in [-0.2, 0) is 0 Å². The summed E-state index contributed by atoms with van der Waals surface area (Å²) in [5, 5.41) is 0.943. The third kappa shape index (κ3) is 2.22. The Labute approximate surface area is 116 Å². The maximum absolute atomic E-state index is 5.43. The molecule has 2 heterocycles. The van der Waals surface area contributed by atoms with Crippen LogP contribution in [0.5, 0.6) is 0 Å². The van der Waals surface area contributed by atoms with Crippen LogP contribution in [0.15, 0.2) is 41.0 Å². The topological polar surface area (TPSA) is 26.0 Å². The van der Waals surface area contributed by atoms with Crippen LogP contribution in [0.1, 0.15) is 16.0 Å². The van der Waals surface area contributed by atoms with Gasteiger partial charge in [0, 0.05) is 10.4 Å². The fourth-order valence-electron chi connectivity index (χ4n) is 2.14. The molecule has 0 saturated heterocycles. The zero-order valence-electron chi connectivity index (χ0n) is 11.2. The Kier molecular flexibility index (Phi) is 2.99. The molecule has 19 heavy (non-hydrogen) atoms. The molecule has 3 rings (SSSR count). The van der Waals surface area contributed by atoms with Crippen molar-refractivity contribution in [3.8, 4) is 22.0 Å². The Morgan fingerprint density at radius 3 is 2.68 bits per heavy atom. The van der Waals surface area contributed by atoms with Crippen LogP contribution in [0, 0.1) is 20.8 Å². The van der Waals surface area contributed by atoms with Crippen LogP contribution in [0.4, 0.5) is 0 Å². The van der Waals surface area contributed by atoms with Crippen LogP contribution in [0.25, 0.3) is 22.0 Å². The van der Waals surface area contributed by atoms with E-state index in [0.717, 1.165) is 16.5 Å². The van der Waals surface area contributed by atoms with Gasteiger partial charge in [0.1, 0.15) is 0 Å². The number of aryl methyl sites for hydroxylation is 3. The van der Waals surface area contributed by atoms with Gasteiger partial charge in [-0.3, -0.25) is 0 Å². The first-order valence-electron chi connectivity index (χ1n) is 6.24. The van der Waals surface area contributed by atoms with Gasteiger partial charge in [0.15, 0.2) is 10.8 Å². The van der Waals surface area contributed by atoms with Crippen molar-refractivity contribution in [2.24, 2.45) is 0 Å². The Bertz CT molecular complexity index is 710. The molecule has 2 nitrogen and oxygen atoms in total. The van der Waals surface area contributed by atoms with Crippen molar-refractivity contribution in [2.75, 3.05) is 0 Å². The lowest BCUT2D eigenvalue weighted by atomic mass is 10.0. The molecule has 0 bridgehead atoms. The van der Waals surface area contributed by atoms with Crippen molar-refractivity contribution in [1.29, 1.82) is 0 Å². The van der Waals surface area contributed by atoms with E-state index in [1.54, 1.807) is 17.6 Å². The molecule has 1 aromatic carbocycles. The van der Waals surface area contributed by atoms with E-state index >= 15 is 0 Å². The zero-order valence-corrected chi connectivity index (χ0v) is 12.0. The second-order valence-corrected chi connectivity index (χ2v) is 5.92. The van der Waals surface area contributed by atoms with Gasteiger partial charge in [-0.1, -0.05) is 17.7 Å². The number of benzene rings is 1. The van der Waals surface area contributed by atoms with Crippen LogP contribution in [0.2, 0.25) is 0 Å². The summed E-state index contributed by atoms with van der Waals surface area (Å²) in [4.78, 5) is 5.97. The molecule has 0 atom stereocenters. The fourth-order valence-corrected chi connectivity index (χ4v) is 3.04. The molecule has 0 aliphatic heterocycles. The lowest BCUT2D eigenvalue weighted by Gasteiger charge is -2.05. The third-order valence-electron chi connectivity index (χ3n) is 3.18. The highest BCUT2D eigenvalue weighted by Crippen LogP contribution is 2.35. The average molecular weight is 269 g/mol. The summed E-state index contributed by atoms with van der Waals surface area (Å²) in [6, 6.07) is 10.3. The number of thiazole rings is 1. The number of hydrogen-bond donors (Lipinski definition) is 0. The molecule has 0 aliphatic carbocycles. The molecule has 0 amide bonds. The Morgan fingerprint density at radius 1 is 1.11 bits per heavy atom. The highest BCUT2D eigenvalue weighted by atomic mass is 32.1. The molecule has 0 fully saturated rings. The second kappa shape index (κ2) is 4.67. The molecule has 0 radical (unpaired) electrons. The first kappa shape index (κ1) is 12.2. The molecule has 3 heteroatoms. The summed E-state index contributed by atoms with van der Waals surface area (Å²) in [5.74, 6) is 0.838. The monoisotopic (exact) mass is 269 g/mol. The first-order chi connectivity index (χ1) is 9.15. The van der Waals surface area contributed by atoms with Gasteiger partial charge in [-0.15, -0.1) is 11.3 Å². The molecular formula is C16H15NOS. The van der Waals surface area contributed by atoms with Gasteiger partial charge in [-0.05, 0) is 44.5 Å². The summed E-state index contributed by atoms with van der Waals surface area (Å²) in [7, 11) is 0. The number of nitrogens with zero attached hydrogens (tertiary/aromatic N) is 1. The zero-order chi connectivity index (χ0) is 13.4. The van der Waals surface area contributed by atoms with E-state index in [1.807, 2.05) is 12.1 Å². The normalized spacial score (nSPS) is 10.9. The largest absolute Gasteiger partial charge is 0.462 e. The van der Waals surface area contributed by atoms with Crippen molar-refractivity contribution in [3.63, 3.8) is 0 Å². The predicted octanol–water partition coefficient (Wildman–Crippen LogP) is 5.00. The summed E-state index contributed by atoms with van der Waals surface area (Å²) in [6.07, 6.45) is 1.68. The summed E-state index contributed by atoms with van der Waals surface area (Å²) in [6.45, 7) is 6.35. The molecule has 0 spiro atoms. The van der Waals surface area contributed by atoms with Gasteiger partial charge < -0.3 is 4.42 Å². The van der Waals surface area contributed by atoms with E-state index < -0.39 is 0 Å². The Hall–Kier alpha value is -1.87. The van der Waals surface area contributed by atoms with Crippen LogP contribution >= 0.6 is 11.3 Å². The van der Waals surface area contributed by atoms with E-state index in [1.165, 1.54) is 21.6 Å². The first-order valence-corrected chi connectivity index (χ1v) is 7.06. The Balaban J connectivity index is 2.13. The minimum Gasteiger partial charge on any atom is -0.462 e. The van der Waals surface area contributed by atoms with Crippen LogP contribution < -0.4 is 0 Å². The van der Waals surface area contributed by atoms with Gasteiger partial charge in [0.2, 0.25) is 0 Å². The molecule has 0 unspecified atom stereocenters. The molecule has 3 aromatic rings. The summed E-state index contributed by atoms with van der Waals surface area (Å²) >= 11 is 1.68. The molecule has 96 valence electrons. The summed E-state index contributed by atoms with van der Waals surface area (Å²) < 4.78 is 5.43. The number of hydrogen-bond acceptors (Lipinski definition) is 3. The predicted molar refractivity (Wildman–Crippen MR) is 79.5 cm³/mol. The van der Waals surface area contributed by atoms with E-state index in [4.69, 9.17) is 9.40 Å². The maximum atomic E-state index is 5.43. The average Bonchev–Trinajstić information content (AvgIpc) is 3.01. The Morgan fingerprint density at radius 2 is 1.95 bits per heavy atom. The van der Waals surface area contributed by atoms with Gasteiger partial charge in [-0.2, -0.15) is 0 Å². The lowest BCUT2D eigenvalue weighted by Crippen LogP contribution is -1.87. The SMILES string of the molecule is Cc1ccc(C)c(-c2nc(-c3ccco3)sc2C)c1. The van der Waals surface area contributed by atoms with Crippen molar-refractivity contribution in [3.05, 3.63) is 52.6 Å². The van der Waals surface area contributed by atoms with Crippen LogP contribution in [0.3, 0.4) is 0 Å². The molecular weight excluding hydrogens is 254 g/mol. The van der Waals surface area contributed by atoms with Gasteiger partial charge in [0.25, 0.3) is 0 Å². The number of furan rings is 1. The highest BCUT2D eigenvalue weighted by Gasteiger charge is 2.14.